The van der Waals surface area contributed by atoms with Gasteiger partial charge in [-0.2, -0.15) is 0 Å². The Labute approximate surface area is 118 Å². The number of nitrogens with zero attached hydrogens (tertiary/aromatic N) is 1. The van der Waals surface area contributed by atoms with E-state index in [0.717, 1.165) is 23.4 Å². The quantitative estimate of drug-likeness (QED) is 0.819. The van der Waals surface area contributed by atoms with Crippen LogP contribution in [-0.4, -0.2) is 11.2 Å². The van der Waals surface area contributed by atoms with Crippen LogP contribution in [0.2, 0.25) is 0 Å². The van der Waals surface area contributed by atoms with Crippen molar-refractivity contribution < 1.29 is 4.74 Å². The zero-order valence-corrected chi connectivity index (χ0v) is 11.7. The van der Waals surface area contributed by atoms with E-state index in [1.165, 1.54) is 0 Å². The molecule has 1 aromatic carbocycles. The summed E-state index contributed by atoms with van der Waals surface area (Å²) in [7, 11) is 0. The van der Waals surface area contributed by atoms with Crippen LogP contribution in [0.1, 0.15) is 17.7 Å². The lowest BCUT2D eigenvalue weighted by Crippen LogP contribution is -2.21. The summed E-state index contributed by atoms with van der Waals surface area (Å²) in [5.74, 6) is 0.824. The number of ether oxygens (including phenoxy) is 1. The van der Waals surface area contributed by atoms with E-state index in [-0.39, 0.29) is 5.56 Å². The molecule has 0 atom stereocenters. The van der Waals surface area contributed by atoms with E-state index in [1.807, 2.05) is 37.3 Å². The minimum atomic E-state index is 0.0372. The SMILES string of the molecule is Cc1cccc(=O)n1CCCOc1cccc(CN)c1. The molecule has 0 radical (unpaired) electrons. The van der Waals surface area contributed by atoms with Crippen molar-refractivity contribution in [3.63, 3.8) is 0 Å². The summed E-state index contributed by atoms with van der Waals surface area (Å²) in [6.45, 7) is 3.69. The summed E-state index contributed by atoms with van der Waals surface area (Å²) in [6.07, 6.45) is 0.789. The van der Waals surface area contributed by atoms with E-state index in [0.29, 0.717) is 19.7 Å². The summed E-state index contributed by atoms with van der Waals surface area (Å²) in [5.41, 5.74) is 7.65. The normalized spacial score (nSPS) is 10.5. The Morgan fingerprint density at radius 1 is 1.20 bits per heavy atom. The second kappa shape index (κ2) is 6.91. The highest BCUT2D eigenvalue weighted by molar-refractivity contribution is 5.28. The van der Waals surface area contributed by atoms with Crippen molar-refractivity contribution in [3.8, 4) is 5.75 Å². The predicted molar refractivity (Wildman–Crippen MR) is 79.9 cm³/mol. The van der Waals surface area contributed by atoms with Crippen LogP contribution in [0.3, 0.4) is 0 Å². The number of rotatable bonds is 6. The Kier molecular flexibility index (Phi) is 4.96. The molecule has 1 aromatic heterocycles. The number of hydrogen-bond donors (Lipinski definition) is 1. The molecule has 0 aliphatic carbocycles. The van der Waals surface area contributed by atoms with Gasteiger partial charge in [-0.25, -0.2) is 0 Å². The van der Waals surface area contributed by atoms with Gasteiger partial charge in [-0.3, -0.25) is 4.79 Å². The minimum Gasteiger partial charge on any atom is -0.494 e. The molecule has 2 N–H and O–H groups in total. The van der Waals surface area contributed by atoms with Gasteiger partial charge in [-0.1, -0.05) is 18.2 Å². The number of benzene rings is 1. The van der Waals surface area contributed by atoms with Gasteiger partial charge in [0.25, 0.3) is 5.56 Å². The largest absolute Gasteiger partial charge is 0.494 e. The standard InChI is InChI=1S/C16H20N2O2/c1-13-5-2-8-16(19)18(13)9-4-10-20-15-7-3-6-14(11-15)12-17/h2-3,5-8,11H,4,9-10,12,17H2,1H3. The number of aromatic nitrogens is 1. The van der Waals surface area contributed by atoms with E-state index >= 15 is 0 Å². The van der Waals surface area contributed by atoms with Crippen LogP contribution in [0.4, 0.5) is 0 Å². The van der Waals surface area contributed by atoms with Crippen LogP contribution in [0.25, 0.3) is 0 Å². The topological polar surface area (TPSA) is 57.2 Å². The third-order valence-electron chi connectivity index (χ3n) is 3.20. The van der Waals surface area contributed by atoms with Crippen LogP contribution >= 0.6 is 0 Å². The van der Waals surface area contributed by atoms with Gasteiger partial charge in [0, 0.05) is 24.8 Å². The monoisotopic (exact) mass is 272 g/mol. The number of aryl methyl sites for hydroxylation is 1. The van der Waals surface area contributed by atoms with Crippen molar-refractivity contribution in [2.45, 2.75) is 26.4 Å². The first-order valence-corrected chi connectivity index (χ1v) is 6.79. The minimum absolute atomic E-state index is 0.0372. The van der Waals surface area contributed by atoms with Gasteiger partial charge in [0.15, 0.2) is 0 Å². The second-order valence-corrected chi connectivity index (χ2v) is 4.71. The first-order chi connectivity index (χ1) is 9.70. The van der Waals surface area contributed by atoms with Gasteiger partial charge in [0.1, 0.15) is 5.75 Å². The third-order valence-corrected chi connectivity index (χ3v) is 3.20. The van der Waals surface area contributed by atoms with E-state index in [9.17, 15) is 4.79 Å². The van der Waals surface area contributed by atoms with Crippen LogP contribution in [0.5, 0.6) is 5.75 Å². The van der Waals surface area contributed by atoms with Gasteiger partial charge >= 0.3 is 0 Å². The Morgan fingerprint density at radius 2 is 2.00 bits per heavy atom. The molecule has 2 rings (SSSR count). The molecule has 106 valence electrons. The van der Waals surface area contributed by atoms with E-state index in [2.05, 4.69) is 0 Å². The number of nitrogens with two attached hydrogens (primary N) is 1. The fraction of sp³-hybridized carbons (Fsp3) is 0.312. The molecule has 0 saturated carbocycles. The van der Waals surface area contributed by atoms with Gasteiger partial charge < -0.3 is 15.0 Å². The zero-order valence-electron chi connectivity index (χ0n) is 11.7. The second-order valence-electron chi connectivity index (χ2n) is 4.71. The molecule has 0 aliphatic rings. The van der Waals surface area contributed by atoms with Gasteiger partial charge in [0.05, 0.1) is 6.61 Å². The third kappa shape index (κ3) is 3.71. The smallest absolute Gasteiger partial charge is 0.250 e. The lowest BCUT2D eigenvalue weighted by Gasteiger charge is -2.10. The molecule has 4 heteroatoms. The first-order valence-electron chi connectivity index (χ1n) is 6.79. The van der Waals surface area contributed by atoms with Crippen LogP contribution < -0.4 is 16.0 Å². The summed E-state index contributed by atoms with van der Waals surface area (Å²) in [4.78, 5) is 11.7. The van der Waals surface area contributed by atoms with Crippen molar-refractivity contribution >= 4 is 0 Å². The van der Waals surface area contributed by atoms with Crippen LogP contribution in [-0.2, 0) is 13.1 Å². The molecular weight excluding hydrogens is 252 g/mol. The fourth-order valence-electron chi connectivity index (χ4n) is 2.08. The average molecular weight is 272 g/mol. The Hall–Kier alpha value is -2.07. The van der Waals surface area contributed by atoms with E-state index < -0.39 is 0 Å². The highest BCUT2D eigenvalue weighted by Crippen LogP contribution is 2.13. The van der Waals surface area contributed by atoms with Crippen molar-refractivity contribution in [1.82, 2.24) is 4.57 Å². The predicted octanol–water partition coefficient (Wildman–Crippen LogP) is 2.08. The molecule has 0 aliphatic heterocycles. The Balaban J connectivity index is 1.86. The fourth-order valence-corrected chi connectivity index (χ4v) is 2.08. The highest BCUT2D eigenvalue weighted by atomic mass is 16.5. The number of hydrogen-bond acceptors (Lipinski definition) is 3. The molecular formula is C16H20N2O2. The van der Waals surface area contributed by atoms with Gasteiger partial charge in [0.2, 0.25) is 0 Å². The maximum Gasteiger partial charge on any atom is 0.250 e. The van der Waals surface area contributed by atoms with Crippen molar-refractivity contribution in [2.24, 2.45) is 5.73 Å². The van der Waals surface area contributed by atoms with Gasteiger partial charge in [-0.05, 0) is 37.1 Å². The summed E-state index contributed by atoms with van der Waals surface area (Å²) in [5, 5.41) is 0. The lowest BCUT2D eigenvalue weighted by molar-refractivity contribution is 0.300. The van der Waals surface area contributed by atoms with Crippen LogP contribution in [0.15, 0.2) is 47.3 Å². The lowest BCUT2D eigenvalue weighted by atomic mass is 10.2. The van der Waals surface area contributed by atoms with Gasteiger partial charge in [-0.15, -0.1) is 0 Å². The summed E-state index contributed by atoms with van der Waals surface area (Å²) >= 11 is 0. The van der Waals surface area contributed by atoms with Crippen LogP contribution in [0, 0.1) is 6.92 Å². The van der Waals surface area contributed by atoms with Crippen molar-refractivity contribution in [3.05, 3.63) is 64.1 Å². The summed E-state index contributed by atoms with van der Waals surface area (Å²) < 4.78 is 7.44. The summed E-state index contributed by atoms with van der Waals surface area (Å²) in [6, 6.07) is 13.1. The average Bonchev–Trinajstić information content (AvgIpc) is 2.46. The Morgan fingerprint density at radius 3 is 2.75 bits per heavy atom. The molecule has 0 bridgehead atoms. The van der Waals surface area contributed by atoms with E-state index in [4.69, 9.17) is 10.5 Å². The molecule has 20 heavy (non-hydrogen) atoms. The molecule has 0 spiro atoms. The molecule has 0 amide bonds. The van der Waals surface area contributed by atoms with E-state index in [1.54, 1.807) is 16.7 Å². The molecule has 0 unspecified atom stereocenters. The molecule has 4 nitrogen and oxygen atoms in total. The highest BCUT2D eigenvalue weighted by Gasteiger charge is 2.00. The van der Waals surface area contributed by atoms with Crippen molar-refractivity contribution in [1.29, 1.82) is 0 Å². The maximum atomic E-state index is 11.7. The molecule has 0 saturated heterocycles. The Bertz CT molecular complexity index is 620. The first kappa shape index (κ1) is 14.3. The molecule has 2 aromatic rings. The molecule has 0 fully saturated rings. The van der Waals surface area contributed by atoms with Crippen molar-refractivity contribution in [2.75, 3.05) is 6.61 Å². The zero-order chi connectivity index (χ0) is 14.4. The molecule has 1 heterocycles. The maximum absolute atomic E-state index is 11.7. The number of pyridine rings is 1.